The SMILES string of the molecule is Cc1ccc(-c2csc(C(C#N)C=Nc3ccc(S(=O)(=O)Nc4cc(C)on4)cc3)n2)c(C)c1. The zero-order valence-electron chi connectivity index (χ0n) is 18.7. The molecular formula is C24H21N5O3S2. The molecule has 2 aromatic carbocycles. The molecule has 4 rings (SSSR count). The quantitative estimate of drug-likeness (QED) is 0.339. The summed E-state index contributed by atoms with van der Waals surface area (Å²) < 4.78 is 32.2. The van der Waals surface area contributed by atoms with Crippen molar-refractivity contribution in [1.82, 2.24) is 10.1 Å². The first-order valence-electron chi connectivity index (χ1n) is 10.3. The number of thiazole rings is 1. The highest BCUT2D eigenvalue weighted by Crippen LogP contribution is 2.29. The highest BCUT2D eigenvalue weighted by Gasteiger charge is 2.17. The Kier molecular flexibility index (Phi) is 6.58. The Bertz CT molecular complexity index is 1500. The Morgan fingerprint density at radius 3 is 2.56 bits per heavy atom. The Hall–Kier alpha value is -3.81. The molecule has 34 heavy (non-hydrogen) atoms. The summed E-state index contributed by atoms with van der Waals surface area (Å²) in [6.07, 6.45) is 1.52. The standard InChI is InChI=1S/C24H21N5O3S2/c1-15-4-9-21(16(2)10-15)22-14-33-24(27-22)18(12-25)13-26-19-5-7-20(8-6-19)34(30,31)29-23-11-17(3)32-28-23/h4-11,13-14,18H,1-3H3,(H,28,29). The first-order valence-corrected chi connectivity index (χ1v) is 12.6. The smallest absolute Gasteiger partial charge is 0.263 e. The number of nitriles is 1. The first kappa shape index (κ1) is 23.4. The second-order valence-corrected chi connectivity index (χ2v) is 10.3. The van der Waals surface area contributed by atoms with Crippen LogP contribution in [0.5, 0.6) is 0 Å². The van der Waals surface area contributed by atoms with Crippen LogP contribution in [0.3, 0.4) is 0 Å². The molecular weight excluding hydrogens is 470 g/mol. The topological polar surface area (TPSA) is 121 Å². The fourth-order valence-corrected chi connectivity index (χ4v) is 5.10. The molecule has 0 aliphatic heterocycles. The summed E-state index contributed by atoms with van der Waals surface area (Å²) in [7, 11) is -3.81. The molecule has 0 spiro atoms. The Balaban J connectivity index is 1.48. The normalized spacial score (nSPS) is 12.5. The van der Waals surface area contributed by atoms with Crippen molar-refractivity contribution in [1.29, 1.82) is 5.26 Å². The largest absolute Gasteiger partial charge is 0.360 e. The van der Waals surface area contributed by atoms with Crippen molar-refractivity contribution < 1.29 is 12.9 Å². The van der Waals surface area contributed by atoms with Crippen LogP contribution in [0.4, 0.5) is 11.5 Å². The lowest BCUT2D eigenvalue weighted by Gasteiger charge is -2.05. The Morgan fingerprint density at radius 1 is 1.15 bits per heavy atom. The minimum absolute atomic E-state index is 0.0574. The van der Waals surface area contributed by atoms with E-state index < -0.39 is 15.9 Å². The van der Waals surface area contributed by atoms with Crippen molar-refractivity contribution in [3.05, 3.63) is 75.8 Å². The van der Waals surface area contributed by atoms with E-state index in [0.29, 0.717) is 16.5 Å². The van der Waals surface area contributed by atoms with E-state index in [0.717, 1.165) is 16.8 Å². The predicted octanol–water partition coefficient (Wildman–Crippen LogP) is 5.53. The third-order valence-electron chi connectivity index (χ3n) is 4.97. The third-order valence-corrected chi connectivity index (χ3v) is 7.27. The maximum absolute atomic E-state index is 12.5. The second-order valence-electron chi connectivity index (χ2n) is 7.70. The molecule has 2 aromatic heterocycles. The maximum atomic E-state index is 12.5. The monoisotopic (exact) mass is 491 g/mol. The number of rotatable bonds is 7. The number of benzene rings is 2. The lowest BCUT2D eigenvalue weighted by atomic mass is 10.0. The Labute approximate surface area is 201 Å². The summed E-state index contributed by atoms with van der Waals surface area (Å²) in [6, 6.07) is 15.9. The highest BCUT2D eigenvalue weighted by molar-refractivity contribution is 7.92. The van der Waals surface area contributed by atoms with Gasteiger partial charge in [-0.2, -0.15) is 5.26 Å². The van der Waals surface area contributed by atoms with Crippen molar-refractivity contribution in [3.63, 3.8) is 0 Å². The van der Waals surface area contributed by atoms with Crippen molar-refractivity contribution in [2.24, 2.45) is 4.99 Å². The van der Waals surface area contributed by atoms with Gasteiger partial charge in [-0.05, 0) is 50.6 Å². The van der Waals surface area contributed by atoms with Crippen LogP contribution in [-0.2, 0) is 10.0 Å². The van der Waals surface area contributed by atoms with Gasteiger partial charge in [0.15, 0.2) is 5.82 Å². The highest BCUT2D eigenvalue weighted by atomic mass is 32.2. The molecule has 10 heteroatoms. The van der Waals surface area contributed by atoms with E-state index in [1.165, 1.54) is 41.3 Å². The molecule has 1 atom stereocenters. The molecule has 172 valence electrons. The summed E-state index contributed by atoms with van der Waals surface area (Å²) in [4.78, 5) is 9.06. The van der Waals surface area contributed by atoms with Gasteiger partial charge >= 0.3 is 0 Å². The molecule has 4 aromatic rings. The molecule has 0 aliphatic rings. The summed E-state index contributed by atoms with van der Waals surface area (Å²) >= 11 is 1.41. The molecule has 1 N–H and O–H groups in total. The van der Waals surface area contributed by atoms with Crippen molar-refractivity contribution >= 4 is 39.1 Å². The molecule has 0 aliphatic carbocycles. The molecule has 0 radical (unpaired) electrons. The van der Waals surface area contributed by atoms with E-state index in [9.17, 15) is 13.7 Å². The average molecular weight is 492 g/mol. The summed E-state index contributed by atoms with van der Waals surface area (Å²) in [5, 5.41) is 15.9. The van der Waals surface area contributed by atoms with Crippen LogP contribution in [0.1, 0.15) is 27.8 Å². The third kappa shape index (κ3) is 5.22. The van der Waals surface area contributed by atoms with Gasteiger partial charge in [0, 0.05) is 23.2 Å². The maximum Gasteiger partial charge on any atom is 0.263 e. The number of aliphatic imine (C=N–C) groups is 1. The second kappa shape index (κ2) is 9.59. The molecule has 2 heterocycles. The average Bonchev–Trinajstić information content (AvgIpc) is 3.43. The summed E-state index contributed by atoms with van der Waals surface area (Å²) in [5.41, 5.74) is 4.69. The van der Waals surface area contributed by atoms with E-state index in [-0.39, 0.29) is 10.7 Å². The van der Waals surface area contributed by atoms with Crippen LogP contribution in [0.15, 0.2) is 68.3 Å². The number of aryl methyl sites for hydroxylation is 3. The van der Waals surface area contributed by atoms with Crippen molar-refractivity contribution in [2.45, 2.75) is 31.6 Å². The molecule has 1 unspecified atom stereocenters. The summed E-state index contributed by atoms with van der Waals surface area (Å²) in [6.45, 7) is 5.75. The first-order chi connectivity index (χ1) is 16.2. The van der Waals surface area contributed by atoms with E-state index in [4.69, 9.17) is 4.52 Å². The fraction of sp³-hybridized carbons (Fsp3) is 0.167. The van der Waals surface area contributed by atoms with Gasteiger partial charge in [-0.25, -0.2) is 13.4 Å². The van der Waals surface area contributed by atoms with Gasteiger partial charge in [-0.1, -0.05) is 28.9 Å². The predicted molar refractivity (Wildman–Crippen MR) is 132 cm³/mol. The zero-order chi connectivity index (χ0) is 24.3. The van der Waals surface area contributed by atoms with E-state index in [1.807, 2.05) is 31.4 Å². The molecule has 0 saturated carbocycles. The lowest BCUT2D eigenvalue weighted by molar-refractivity contribution is 0.400. The van der Waals surface area contributed by atoms with Crippen molar-refractivity contribution in [3.8, 4) is 17.3 Å². The van der Waals surface area contributed by atoms with Gasteiger partial charge in [0.1, 0.15) is 16.7 Å². The van der Waals surface area contributed by atoms with Crippen LogP contribution < -0.4 is 4.72 Å². The molecule has 0 fully saturated rings. The van der Waals surface area contributed by atoms with E-state index in [2.05, 4.69) is 32.0 Å². The number of nitrogens with zero attached hydrogens (tertiary/aromatic N) is 4. The van der Waals surface area contributed by atoms with E-state index in [1.54, 1.807) is 19.1 Å². The fourth-order valence-electron chi connectivity index (χ4n) is 3.29. The number of sulfonamides is 1. The van der Waals surface area contributed by atoms with E-state index >= 15 is 0 Å². The molecule has 0 bridgehead atoms. The zero-order valence-corrected chi connectivity index (χ0v) is 20.3. The Morgan fingerprint density at radius 2 is 1.91 bits per heavy atom. The minimum atomic E-state index is -3.81. The number of hydrogen-bond acceptors (Lipinski definition) is 8. The molecule has 0 amide bonds. The minimum Gasteiger partial charge on any atom is -0.360 e. The van der Waals surface area contributed by atoms with Crippen LogP contribution in [0, 0.1) is 32.1 Å². The van der Waals surface area contributed by atoms with Crippen molar-refractivity contribution in [2.75, 3.05) is 4.72 Å². The number of hydrogen-bond donors (Lipinski definition) is 1. The van der Waals surface area contributed by atoms with Gasteiger partial charge in [0.05, 0.1) is 22.3 Å². The van der Waals surface area contributed by atoms with Crippen LogP contribution in [-0.4, -0.2) is 24.8 Å². The number of nitrogens with one attached hydrogen (secondary N) is 1. The molecule has 8 nitrogen and oxygen atoms in total. The number of anilines is 1. The van der Waals surface area contributed by atoms with Gasteiger partial charge in [0.25, 0.3) is 10.0 Å². The lowest BCUT2D eigenvalue weighted by Crippen LogP contribution is -2.12. The van der Waals surface area contributed by atoms with Gasteiger partial charge in [0.2, 0.25) is 0 Å². The van der Waals surface area contributed by atoms with Crippen LogP contribution in [0.2, 0.25) is 0 Å². The number of aromatic nitrogens is 2. The van der Waals surface area contributed by atoms with Gasteiger partial charge in [-0.15, -0.1) is 11.3 Å². The van der Waals surface area contributed by atoms with Crippen LogP contribution in [0.25, 0.3) is 11.3 Å². The summed E-state index contributed by atoms with van der Waals surface area (Å²) in [5.74, 6) is -0.0131. The van der Waals surface area contributed by atoms with Crippen LogP contribution >= 0.6 is 11.3 Å². The molecule has 0 saturated heterocycles. The van der Waals surface area contributed by atoms with Gasteiger partial charge < -0.3 is 4.52 Å². The van der Waals surface area contributed by atoms with Gasteiger partial charge in [-0.3, -0.25) is 9.71 Å².